The van der Waals surface area contributed by atoms with Crippen LogP contribution in [0.5, 0.6) is 0 Å². The molecule has 0 atom stereocenters. The Kier molecular flexibility index (Phi) is 2.87. The maximum atomic E-state index is 5.76. The predicted molar refractivity (Wildman–Crippen MR) is 55.2 cm³/mol. The summed E-state index contributed by atoms with van der Waals surface area (Å²) in [5.41, 5.74) is 6.62. The van der Waals surface area contributed by atoms with E-state index in [4.69, 9.17) is 10.2 Å². The van der Waals surface area contributed by atoms with E-state index in [0.717, 1.165) is 43.2 Å². The van der Waals surface area contributed by atoms with Gasteiger partial charge in [-0.3, -0.25) is 0 Å². The molecular formula is C11H18N2O. The smallest absolute Gasteiger partial charge is 0.197 e. The molecule has 1 aliphatic carbocycles. The Morgan fingerprint density at radius 2 is 2.29 bits per heavy atom. The van der Waals surface area contributed by atoms with E-state index in [9.17, 15) is 0 Å². The van der Waals surface area contributed by atoms with Gasteiger partial charge < -0.3 is 10.2 Å². The summed E-state index contributed by atoms with van der Waals surface area (Å²) in [4.78, 5) is 4.54. The summed E-state index contributed by atoms with van der Waals surface area (Å²) in [6.07, 6.45) is 5.40. The van der Waals surface area contributed by atoms with E-state index < -0.39 is 0 Å². The fourth-order valence-electron chi connectivity index (χ4n) is 1.64. The van der Waals surface area contributed by atoms with Crippen molar-refractivity contribution in [2.45, 2.75) is 44.9 Å². The molecule has 0 bridgehead atoms. The fourth-order valence-corrected chi connectivity index (χ4v) is 1.64. The summed E-state index contributed by atoms with van der Waals surface area (Å²) >= 11 is 0. The summed E-state index contributed by atoms with van der Waals surface area (Å²) in [5, 5.41) is 0. The third-order valence-electron chi connectivity index (χ3n) is 2.66. The average molecular weight is 194 g/mol. The van der Waals surface area contributed by atoms with E-state index in [1.54, 1.807) is 0 Å². The monoisotopic (exact) mass is 194 g/mol. The van der Waals surface area contributed by atoms with Gasteiger partial charge in [0.2, 0.25) is 0 Å². The standard InChI is InChI=1S/C11H18N2O/c1-2-9-10(4-3-7-12)14-11(13-9)8-5-6-8/h8H,2-7,12H2,1H3. The Balaban J connectivity index is 2.10. The molecule has 78 valence electrons. The summed E-state index contributed by atoms with van der Waals surface area (Å²) < 4.78 is 5.76. The van der Waals surface area contributed by atoms with Crippen molar-refractivity contribution in [3.63, 3.8) is 0 Å². The van der Waals surface area contributed by atoms with Crippen LogP contribution in [-0.2, 0) is 12.8 Å². The van der Waals surface area contributed by atoms with Gasteiger partial charge in [-0.15, -0.1) is 0 Å². The highest BCUT2D eigenvalue weighted by Gasteiger charge is 2.29. The van der Waals surface area contributed by atoms with Crippen molar-refractivity contribution < 1.29 is 4.42 Å². The van der Waals surface area contributed by atoms with Gasteiger partial charge >= 0.3 is 0 Å². The predicted octanol–water partition coefficient (Wildman–Crippen LogP) is 2.01. The highest BCUT2D eigenvalue weighted by molar-refractivity contribution is 5.14. The molecule has 1 aliphatic rings. The summed E-state index contributed by atoms with van der Waals surface area (Å²) in [6.45, 7) is 2.85. The van der Waals surface area contributed by atoms with Crippen LogP contribution in [0.3, 0.4) is 0 Å². The number of hydrogen-bond acceptors (Lipinski definition) is 3. The van der Waals surface area contributed by atoms with E-state index in [0.29, 0.717) is 5.92 Å². The van der Waals surface area contributed by atoms with Crippen LogP contribution in [0.15, 0.2) is 4.42 Å². The summed E-state index contributed by atoms with van der Waals surface area (Å²) in [6, 6.07) is 0. The van der Waals surface area contributed by atoms with Crippen molar-refractivity contribution in [1.29, 1.82) is 0 Å². The number of nitrogens with two attached hydrogens (primary N) is 1. The van der Waals surface area contributed by atoms with Crippen LogP contribution in [-0.4, -0.2) is 11.5 Å². The lowest BCUT2D eigenvalue weighted by Gasteiger charge is -1.95. The fraction of sp³-hybridized carbons (Fsp3) is 0.727. The van der Waals surface area contributed by atoms with E-state index in [-0.39, 0.29) is 0 Å². The molecule has 0 aromatic carbocycles. The normalized spacial score (nSPS) is 16.1. The lowest BCUT2D eigenvalue weighted by molar-refractivity contribution is 0.451. The minimum absolute atomic E-state index is 0.618. The maximum Gasteiger partial charge on any atom is 0.197 e. The van der Waals surface area contributed by atoms with Crippen LogP contribution in [0.2, 0.25) is 0 Å². The molecule has 1 aromatic rings. The minimum Gasteiger partial charge on any atom is -0.445 e. The van der Waals surface area contributed by atoms with Gasteiger partial charge in [0.1, 0.15) is 5.76 Å². The molecular weight excluding hydrogens is 176 g/mol. The highest BCUT2D eigenvalue weighted by Crippen LogP contribution is 2.40. The van der Waals surface area contributed by atoms with Crippen LogP contribution in [0.25, 0.3) is 0 Å². The third kappa shape index (κ3) is 1.98. The third-order valence-corrected chi connectivity index (χ3v) is 2.66. The molecule has 1 heterocycles. The summed E-state index contributed by atoms with van der Waals surface area (Å²) in [5.74, 6) is 2.65. The van der Waals surface area contributed by atoms with Crippen molar-refractivity contribution in [2.75, 3.05) is 6.54 Å². The molecule has 3 nitrogen and oxygen atoms in total. The SMILES string of the molecule is CCc1nc(C2CC2)oc1CCCN. The van der Waals surface area contributed by atoms with Crippen LogP contribution < -0.4 is 5.73 Å². The zero-order valence-corrected chi connectivity index (χ0v) is 8.75. The van der Waals surface area contributed by atoms with Crippen LogP contribution in [0, 0.1) is 0 Å². The first-order valence-electron chi connectivity index (χ1n) is 5.53. The van der Waals surface area contributed by atoms with E-state index in [1.807, 2.05) is 0 Å². The first kappa shape index (κ1) is 9.71. The zero-order valence-electron chi connectivity index (χ0n) is 8.75. The zero-order chi connectivity index (χ0) is 9.97. The van der Waals surface area contributed by atoms with Crippen molar-refractivity contribution in [3.8, 4) is 0 Å². The second-order valence-electron chi connectivity index (χ2n) is 3.94. The second-order valence-corrected chi connectivity index (χ2v) is 3.94. The molecule has 0 saturated heterocycles. The van der Waals surface area contributed by atoms with Gasteiger partial charge in [-0.2, -0.15) is 0 Å². The van der Waals surface area contributed by atoms with E-state index >= 15 is 0 Å². The molecule has 14 heavy (non-hydrogen) atoms. The number of aromatic nitrogens is 1. The lowest BCUT2D eigenvalue weighted by Crippen LogP contribution is -2.01. The molecule has 2 N–H and O–H groups in total. The van der Waals surface area contributed by atoms with Gasteiger partial charge in [-0.05, 0) is 32.2 Å². The number of oxazole rings is 1. The first-order chi connectivity index (χ1) is 6.85. The van der Waals surface area contributed by atoms with Crippen LogP contribution in [0.4, 0.5) is 0 Å². The van der Waals surface area contributed by atoms with Gasteiger partial charge in [0.25, 0.3) is 0 Å². The largest absolute Gasteiger partial charge is 0.445 e. The molecule has 0 unspecified atom stereocenters. The van der Waals surface area contributed by atoms with Crippen molar-refractivity contribution in [3.05, 3.63) is 17.3 Å². The van der Waals surface area contributed by atoms with E-state index in [1.165, 1.54) is 12.8 Å². The molecule has 0 amide bonds. The van der Waals surface area contributed by atoms with Crippen molar-refractivity contribution in [2.24, 2.45) is 5.73 Å². The lowest BCUT2D eigenvalue weighted by atomic mass is 10.2. The topological polar surface area (TPSA) is 52.0 Å². The Morgan fingerprint density at radius 1 is 1.50 bits per heavy atom. The van der Waals surface area contributed by atoms with E-state index in [2.05, 4.69) is 11.9 Å². The Labute approximate surface area is 84.7 Å². The van der Waals surface area contributed by atoms with Crippen molar-refractivity contribution in [1.82, 2.24) is 4.98 Å². The Morgan fingerprint density at radius 3 is 2.86 bits per heavy atom. The first-order valence-corrected chi connectivity index (χ1v) is 5.53. The number of hydrogen-bond donors (Lipinski definition) is 1. The molecule has 0 radical (unpaired) electrons. The molecule has 2 rings (SSSR count). The molecule has 1 aromatic heterocycles. The van der Waals surface area contributed by atoms with Gasteiger partial charge in [0, 0.05) is 12.3 Å². The maximum absolute atomic E-state index is 5.76. The van der Waals surface area contributed by atoms with Crippen LogP contribution >= 0.6 is 0 Å². The Bertz CT molecular complexity index is 302. The molecule has 1 fully saturated rings. The highest BCUT2D eigenvalue weighted by atomic mass is 16.4. The van der Waals surface area contributed by atoms with Crippen LogP contribution in [0.1, 0.15) is 49.4 Å². The van der Waals surface area contributed by atoms with Gasteiger partial charge in [-0.25, -0.2) is 4.98 Å². The number of rotatable bonds is 5. The molecule has 0 aliphatic heterocycles. The molecule has 3 heteroatoms. The van der Waals surface area contributed by atoms with Gasteiger partial charge in [-0.1, -0.05) is 6.92 Å². The summed E-state index contributed by atoms with van der Waals surface area (Å²) in [7, 11) is 0. The number of aryl methyl sites for hydroxylation is 2. The second kappa shape index (κ2) is 4.13. The minimum atomic E-state index is 0.618. The quantitative estimate of drug-likeness (QED) is 0.780. The average Bonchev–Trinajstić information content (AvgIpc) is 2.97. The number of nitrogens with zero attached hydrogens (tertiary/aromatic N) is 1. The van der Waals surface area contributed by atoms with Crippen molar-refractivity contribution >= 4 is 0 Å². The Hall–Kier alpha value is -0.830. The van der Waals surface area contributed by atoms with Gasteiger partial charge in [0.05, 0.1) is 5.69 Å². The molecule has 0 spiro atoms. The molecule has 1 saturated carbocycles. The van der Waals surface area contributed by atoms with Gasteiger partial charge in [0.15, 0.2) is 5.89 Å².